The molecule has 12 heavy (non-hydrogen) atoms. The van der Waals surface area contributed by atoms with Crippen molar-refractivity contribution in [3.63, 3.8) is 0 Å². The highest BCUT2D eigenvalue weighted by molar-refractivity contribution is 5.31. The highest BCUT2D eigenvalue weighted by atomic mass is 19.1. The van der Waals surface area contributed by atoms with Crippen LogP contribution in [0.5, 0.6) is 0 Å². The van der Waals surface area contributed by atoms with Gasteiger partial charge in [0.05, 0.1) is 6.73 Å². The Hall–Kier alpha value is -0.930. The summed E-state index contributed by atoms with van der Waals surface area (Å²) in [5.41, 5.74) is 1.72. The van der Waals surface area contributed by atoms with Gasteiger partial charge in [0, 0.05) is 18.7 Å². The van der Waals surface area contributed by atoms with Gasteiger partial charge in [0.15, 0.2) is 0 Å². The molecule has 1 aromatic carbocycles. The van der Waals surface area contributed by atoms with E-state index in [1.807, 2.05) is 6.07 Å². The average Bonchev–Trinajstić information content (AvgIpc) is 2.49. The van der Waals surface area contributed by atoms with Gasteiger partial charge in [0.1, 0.15) is 5.82 Å². The minimum absolute atomic E-state index is 0.00583. The molecular formula is C9H10FNO. The molecule has 0 radical (unpaired) electrons. The SMILES string of the molecule is OCN1Cc2cccc(F)c2C1. The summed E-state index contributed by atoms with van der Waals surface area (Å²) in [7, 11) is 0. The standard InChI is InChI=1S/C9H10FNO/c10-9-3-1-2-7-4-11(6-12)5-8(7)9/h1-3,12H,4-6H2. The Bertz CT molecular complexity index is 301. The second-order valence-electron chi connectivity index (χ2n) is 3.01. The van der Waals surface area contributed by atoms with Crippen molar-refractivity contribution >= 4 is 0 Å². The zero-order valence-corrected chi connectivity index (χ0v) is 6.63. The van der Waals surface area contributed by atoms with E-state index in [1.54, 1.807) is 11.0 Å². The first kappa shape index (κ1) is 7.71. The van der Waals surface area contributed by atoms with Crippen molar-refractivity contribution in [3.05, 3.63) is 35.1 Å². The normalized spacial score (nSPS) is 16.5. The molecule has 1 N–H and O–H groups in total. The zero-order chi connectivity index (χ0) is 8.55. The molecule has 3 heteroatoms. The summed E-state index contributed by atoms with van der Waals surface area (Å²) in [6.07, 6.45) is 0. The number of halogens is 1. The lowest BCUT2D eigenvalue weighted by molar-refractivity contribution is 0.105. The number of fused-ring (bicyclic) bond motifs is 1. The molecule has 1 heterocycles. The molecule has 64 valence electrons. The number of rotatable bonds is 1. The van der Waals surface area contributed by atoms with Crippen molar-refractivity contribution in [1.82, 2.24) is 4.90 Å². The van der Waals surface area contributed by atoms with Crippen molar-refractivity contribution in [2.45, 2.75) is 13.1 Å². The zero-order valence-electron chi connectivity index (χ0n) is 6.63. The van der Waals surface area contributed by atoms with Crippen LogP contribution < -0.4 is 0 Å². The van der Waals surface area contributed by atoms with E-state index in [1.165, 1.54) is 6.07 Å². The van der Waals surface area contributed by atoms with Gasteiger partial charge >= 0.3 is 0 Å². The van der Waals surface area contributed by atoms with Gasteiger partial charge in [-0.15, -0.1) is 0 Å². The van der Waals surface area contributed by atoms with Crippen molar-refractivity contribution < 1.29 is 9.50 Å². The van der Waals surface area contributed by atoms with E-state index in [0.717, 1.165) is 11.1 Å². The van der Waals surface area contributed by atoms with Gasteiger partial charge in [-0.05, 0) is 11.6 Å². The number of benzene rings is 1. The van der Waals surface area contributed by atoms with Crippen molar-refractivity contribution in [1.29, 1.82) is 0 Å². The molecule has 1 aliphatic heterocycles. The van der Waals surface area contributed by atoms with Crippen LogP contribution in [0.15, 0.2) is 18.2 Å². The molecule has 2 nitrogen and oxygen atoms in total. The summed E-state index contributed by atoms with van der Waals surface area (Å²) in [5.74, 6) is -0.163. The number of hydrogen-bond acceptors (Lipinski definition) is 2. The van der Waals surface area contributed by atoms with E-state index < -0.39 is 0 Å². The maximum absolute atomic E-state index is 13.1. The lowest BCUT2D eigenvalue weighted by Gasteiger charge is -2.08. The Balaban J connectivity index is 2.35. The van der Waals surface area contributed by atoms with Crippen LogP contribution in [0, 0.1) is 5.82 Å². The quantitative estimate of drug-likeness (QED) is 0.676. The molecule has 0 unspecified atom stereocenters. The van der Waals surface area contributed by atoms with Crippen molar-refractivity contribution in [2.24, 2.45) is 0 Å². The van der Waals surface area contributed by atoms with Crippen LogP contribution in [0.3, 0.4) is 0 Å². The number of nitrogens with zero attached hydrogens (tertiary/aromatic N) is 1. The van der Waals surface area contributed by atoms with E-state index in [4.69, 9.17) is 5.11 Å². The molecule has 1 aromatic rings. The Kier molecular flexibility index (Phi) is 1.83. The second kappa shape index (κ2) is 2.84. The van der Waals surface area contributed by atoms with Crippen LogP contribution in [0.2, 0.25) is 0 Å². The van der Waals surface area contributed by atoms with Crippen LogP contribution in [-0.4, -0.2) is 16.7 Å². The molecule has 0 atom stereocenters. The fraction of sp³-hybridized carbons (Fsp3) is 0.333. The van der Waals surface area contributed by atoms with E-state index in [-0.39, 0.29) is 12.5 Å². The fourth-order valence-electron chi connectivity index (χ4n) is 1.55. The Morgan fingerprint density at radius 3 is 2.92 bits per heavy atom. The molecule has 2 rings (SSSR count). The lowest BCUT2D eigenvalue weighted by Crippen LogP contribution is -2.16. The molecule has 0 fully saturated rings. The summed E-state index contributed by atoms with van der Waals surface area (Å²) in [5, 5.41) is 8.83. The van der Waals surface area contributed by atoms with Crippen LogP contribution in [0.1, 0.15) is 11.1 Å². The van der Waals surface area contributed by atoms with Gasteiger partial charge in [0.2, 0.25) is 0 Å². The molecule has 0 saturated heterocycles. The monoisotopic (exact) mass is 167 g/mol. The highest BCUT2D eigenvalue weighted by Gasteiger charge is 2.20. The van der Waals surface area contributed by atoms with Gasteiger partial charge in [-0.25, -0.2) is 4.39 Å². The average molecular weight is 167 g/mol. The molecular weight excluding hydrogens is 157 g/mol. The van der Waals surface area contributed by atoms with Gasteiger partial charge in [-0.1, -0.05) is 12.1 Å². The lowest BCUT2D eigenvalue weighted by atomic mass is 10.1. The number of aliphatic hydroxyl groups excluding tert-OH is 1. The largest absolute Gasteiger partial charge is 0.381 e. The molecule has 1 aliphatic rings. The Labute approximate surface area is 70.2 Å². The predicted octanol–water partition coefficient (Wildman–Crippen LogP) is 1.09. The van der Waals surface area contributed by atoms with Crippen LogP contribution in [0.25, 0.3) is 0 Å². The first-order chi connectivity index (χ1) is 5.81. The molecule has 0 aromatic heterocycles. The number of aliphatic hydroxyl groups is 1. The van der Waals surface area contributed by atoms with Crippen molar-refractivity contribution in [3.8, 4) is 0 Å². The van der Waals surface area contributed by atoms with Crippen molar-refractivity contribution in [2.75, 3.05) is 6.73 Å². The van der Waals surface area contributed by atoms with Gasteiger partial charge in [-0.2, -0.15) is 0 Å². The third kappa shape index (κ3) is 1.11. The van der Waals surface area contributed by atoms with E-state index in [0.29, 0.717) is 13.1 Å². The molecule has 0 saturated carbocycles. The Morgan fingerprint density at radius 2 is 2.25 bits per heavy atom. The highest BCUT2D eigenvalue weighted by Crippen LogP contribution is 2.23. The van der Waals surface area contributed by atoms with Gasteiger partial charge in [0.25, 0.3) is 0 Å². The first-order valence-electron chi connectivity index (χ1n) is 3.91. The summed E-state index contributed by atoms with van der Waals surface area (Å²) >= 11 is 0. The van der Waals surface area contributed by atoms with Crippen LogP contribution in [-0.2, 0) is 13.1 Å². The maximum atomic E-state index is 13.1. The van der Waals surface area contributed by atoms with E-state index in [2.05, 4.69) is 0 Å². The van der Waals surface area contributed by atoms with Gasteiger partial charge < -0.3 is 5.11 Å². The van der Waals surface area contributed by atoms with Crippen LogP contribution >= 0.6 is 0 Å². The van der Waals surface area contributed by atoms with Crippen LogP contribution in [0.4, 0.5) is 4.39 Å². The van der Waals surface area contributed by atoms with Gasteiger partial charge in [-0.3, -0.25) is 4.90 Å². The topological polar surface area (TPSA) is 23.5 Å². The third-order valence-corrected chi connectivity index (χ3v) is 2.19. The third-order valence-electron chi connectivity index (χ3n) is 2.19. The summed E-state index contributed by atoms with van der Waals surface area (Å²) < 4.78 is 13.1. The summed E-state index contributed by atoms with van der Waals surface area (Å²) in [6.45, 7) is 1.18. The van der Waals surface area contributed by atoms with E-state index in [9.17, 15) is 4.39 Å². The minimum atomic E-state index is -0.163. The predicted molar refractivity (Wildman–Crippen MR) is 42.7 cm³/mol. The molecule has 0 spiro atoms. The fourth-order valence-corrected chi connectivity index (χ4v) is 1.55. The second-order valence-corrected chi connectivity index (χ2v) is 3.01. The molecule has 0 amide bonds. The summed E-state index contributed by atoms with van der Waals surface area (Å²) in [6, 6.07) is 5.06. The summed E-state index contributed by atoms with van der Waals surface area (Å²) in [4.78, 5) is 1.79. The number of hydrogen-bond donors (Lipinski definition) is 1. The smallest absolute Gasteiger partial charge is 0.128 e. The molecule has 0 bridgehead atoms. The molecule has 0 aliphatic carbocycles. The minimum Gasteiger partial charge on any atom is -0.381 e. The Morgan fingerprint density at radius 1 is 1.42 bits per heavy atom. The van der Waals surface area contributed by atoms with E-state index >= 15 is 0 Å². The maximum Gasteiger partial charge on any atom is 0.128 e. The first-order valence-corrected chi connectivity index (χ1v) is 3.91.